The number of hydrogen-bond acceptors (Lipinski definition) is 2. The normalized spacial score (nSPS) is 13.5. The molecule has 0 N–H and O–H groups in total. The quantitative estimate of drug-likeness (QED) is 0.229. The van der Waals surface area contributed by atoms with Crippen molar-refractivity contribution in [2.75, 3.05) is 0 Å². The van der Waals surface area contributed by atoms with Crippen LogP contribution in [0.3, 0.4) is 0 Å². The van der Waals surface area contributed by atoms with Crippen molar-refractivity contribution < 1.29 is 0 Å². The van der Waals surface area contributed by atoms with Crippen LogP contribution in [0.4, 0.5) is 0 Å². The summed E-state index contributed by atoms with van der Waals surface area (Å²) in [6, 6.07) is 30.8. The van der Waals surface area contributed by atoms with Gasteiger partial charge >= 0.3 is 0 Å². The highest BCUT2D eigenvalue weighted by Crippen LogP contribution is 2.50. The molecule has 0 saturated carbocycles. The molecule has 2 aliphatic rings. The third-order valence-electron chi connectivity index (χ3n) is 8.09. The first-order valence-electron chi connectivity index (χ1n) is 12.2. The molecule has 0 amide bonds. The minimum atomic E-state index is 0.927. The smallest absolute Gasteiger partial charge is 0.146 e. The summed E-state index contributed by atoms with van der Waals surface area (Å²) in [6.45, 7) is 0. The number of nitrogens with zero attached hydrogens (tertiary/aromatic N) is 3. The molecule has 35 heavy (non-hydrogen) atoms. The fourth-order valence-electron chi connectivity index (χ4n) is 6.67. The first kappa shape index (κ1) is 17.9. The predicted octanol–water partition coefficient (Wildman–Crippen LogP) is 7.33. The van der Waals surface area contributed by atoms with Gasteiger partial charge in [0, 0.05) is 23.4 Å². The summed E-state index contributed by atoms with van der Waals surface area (Å²) in [5.41, 5.74) is 16.6. The summed E-state index contributed by atoms with van der Waals surface area (Å²) in [6.07, 6.45) is 3.86. The van der Waals surface area contributed by atoms with Crippen LogP contribution >= 0.6 is 0 Å². The van der Waals surface area contributed by atoms with E-state index in [-0.39, 0.29) is 0 Å². The van der Waals surface area contributed by atoms with E-state index in [1.54, 1.807) is 0 Å². The van der Waals surface area contributed by atoms with Crippen molar-refractivity contribution in [3.05, 3.63) is 113 Å². The summed E-state index contributed by atoms with van der Waals surface area (Å²) in [4.78, 5) is 10.0. The number of aromatic nitrogens is 3. The maximum Gasteiger partial charge on any atom is 0.146 e. The molecule has 0 fully saturated rings. The highest BCUT2D eigenvalue weighted by Gasteiger charge is 2.30. The second kappa shape index (κ2) is 6.13. The van der Waals surface area contributed by atoms with Gasteiger partial charge in [0.15, 0.2) is 0 Å². The molecule has 3 aromatic heterocycles. The molecule has 4 aromatic carbocycles. The maximum atomic E-state index is 5.18. The second-order valence-electron chi connectivity index (χ2n) is 9.78. The van der Waals surface area contributed by atoms with E-state index in [1.807, 2.05) is 12.3 Å². The van der Waals surface area contributed by atoms with Gasteiger partial charge in [0.05, 0.1) is 22.1 Å². The zero-order chi connectivity index (χ0) is 22.7. The molecular formula is C32H19N3. The molecule has 162 valence electrons. The molecule has 7 aromatic rings. The fourth-order valence-corrected chi connectivity index (χ4v) is 6.67. The summed E-state index contributed by atoms with van der Waals surface area (Å²) >= 11 is 0. The minimum Gasteiger partial charge on any atom is -0.290 e. The molecule has 0 spiro atoms. The van der Waals surface area contributed by atoms with Crippen molar-refractivity contribution in [2.24, 2.45) is 0 Å². The molecule has 0 unspecified atom stereocenters. The van der Waals surface area contributed by atoms with Crippen LogP contribution in [0.15, 0.2) is 91.1 Å². The fraction of sp³-hybridized carbons (Fsp3) is 0.0625. The number of benzene rings is 4. The number of pyridine rings is 2. The van der Waals surface area contributed by atoms with Crippen LogP contribution in [0, 0.1) is 0 Å². The van der Waals surface area contributed by atoms with E-state index in [1.165, 1.54) is 55.3 Å². The standard InChI is InChI=1S/C32H19N3/c1-2-7-20-18(6-1)16-19-11-12-21-22-13-14-23-30(25(22)17-24(21)29(19)20)32-34-26-8-3-4-9-27(26)35(32)28-10-5-15-33-31(23)28/h1-15H,16-17H2. The highest BCUT2D eigenvalue weighted by atomic mass is 15.0. The molecule has 3 heteroatoms. The van der Waals surface area contributed by atoms with Gasteiger partial charge in [0.2, 0.25) is 0 Å². The lowest BCUT2D eigenvalue weighted by atomic mass is 9.95. The average Bonchev–Trinajstić information content (AvgIpc) is 3.59. The molecule has 3 nitrogen and oxygen atoms in total. The maximum absolute atomic E-state index is 5.18. The lowest BCUT2D eigenvalue weighted by Crippen LogP contribution is -1.96. The number of rotatable bonds is 0. The van der Waals surface area contributed by atoms with Crippen molar-refractivity contribution in [1.82, 2.24) is 14.4 Å². The lowest BCUT2D eigenvalue weighted by molar-refractivity contribution is 1.24. The highest BCUT2D eigenvalue weighted by molar-refractivity contribution is 6.16. The van der Waals surface area contributed by atoms with E-state index in [0.717, 1.165) is 40.6 Å². The Morgan fingerprint density at radius 3 is 2.46 bits per heavy atom. The van der Waals surface area contributed by atoms with Gasteiger partial charge in [-0.1, -0.05) is 60.7 Å². The van der Waals surface area contributed by atoms with Crippen LogP contribution in [-0.2, 0) is 12.8 Å². The number of imidazole rings is 1. The Morgan fingerprint density at radius 1 is 0.629 bits per heavy atom. The lowest BCUT2D eigenvalue weighted by Gasteiger charge is -2.11. The molecule has 0 aliphatic heterocycles. The first-order valence-corrected chi connectivity index (χ1v) is 12.2. The molecule has 0 radical (unpaired) electrons. The van der Waals surface area contributed by atoms with Crippen LogP contribution in [0.5, 0.6) is 0 Å². The largest absolute Gasteiger partial charge is 0.290 e. The van der Waals surface area contributed by atoms with Gasteiger partial charge in [0.1, 0.15) is 5.65 Å². The Labute approximate surface area is 201 Å². The Balaban J connectivity index is 1.44. The van der Waals surface area contributed by atoms with Crippen molar-refractivity contribution in [2.45, 2.75) is 12.8 Å². The number of hydrogen-bond donors (Lipinski definition) is 0. The van der Waals surface area contributed by atoms with E-state index in [9.17, 15) is 0 Å². The van der Waals surface area contributed by atoms with E-state index < -0.39 is 0 Å². The topological polar surface area (TPSA) is 30.2 Å². The Hall–Kier alpha value is -4.50. The Kier molecular flexibility index (Phi) is 3.14. The van der Waals surface area contributed by atoms with E-state index in [4.69, 9.17) is 9.97 Å². The van der Waals surface area contributed by atoms with E-state index >= 15 is 0 Å². The van der Waals surface area contributed by atoms with Crippen molar-refractivity contribution >= 4 is 38.5 Å². The molecule has 2 aliphatic carbocycles. The van der Waals surface area contributed by atoms with Gasteiger partial charge < -0.3 is 0 Å². The third-order valence-corrected chi connectivity index (χ3v) is 8.09. The second-order valence-corrected chi connectivity index (χ2v) is 9.78. The van der Waals surface area contributed by atoms with Gasteiger partial charge in [-0.2, -0.15) is 0 Å². The van der Waals surface area contributed by atoms with E-state index in [2.05, 4.69) is 83.3 Å². The summed E-state index contributed by atoms with van der Waals surface area (Å²) in [5, 5.41) is 2.42. The molecule has 3 heterocycles. The molecule has 0 bridgehead atoms. The van der Waals surface area contributed by atoms with Crippen molar-refractivity contribution in [3.8, 4) is 22.3 Å². The van der Waals surface area contributed by atoms with Gasteiger partial charge in [-0.05, 0) is 75.2 Å². The minimum absolute atomic E-state index is 0.927. The monoisotopic (exact) mass is 445 g/mol. The molecule has 9 rings (SSSR count). The van der Waals surface area contributed by atoms with Gasteiger partial charge in [-0.25, -0.2) is 4.98 Å². The average molecular weight is 446 g/mol. The number of para-hydroxylation sites is 2. The Bertz CT molecular complexity index is 2060. The molecule has 0 saturated heterocycles. The summed E-state index contributed by atoms with van der Waals surface area (Å²) in [7, 11) is 0. The summed E-state index contributed by atoms with van der Waals surface area (Å²) in [5.74, 6) is 0. The third kappa shape index (κ3) is 2.12. The Morgan fingerprint density at radius 2 is 1.46 bits per heavy atom. The molecular weight excluding hydrogens is 426 g/mol. The predicted molar refractivity (Wildman–Crippen MR) is 142 cm³/mol. The summed E-state index contributed by atoms with van der Waals surface area (Å²) < 4.78 is 2.31. The van der Waals surface area contributed by atoms with Crippen LogP contribution in [0.1, 0.15) is 22.3 Å². The van der Waals surface area contributed by atoms with Gasteiger partial charge in [-0.3, -0.25) is 9.38 Å². The van der Waals surface area contributed by atoms with Crippen LogP contribution in [0.25, 0.3) is 60.7 Å². The van der Waals surface area contributed by atoms with Crippen LogP contribution < -0.4 is 0 Å². The first-order chi connectivity index (χ1) is 17.4. The van der Waals surface area contributed by atoms with E-state index in [0.29, 0.717) is 0 Å². The SMILES string of the molecule is c1ccc2c(c1)Cc1ccc3c(c1-2)Cc1c-3ccc2c3ncccc3n3c4ccccc4nc3c12. The van der Waals surface area contributed by atoms with Crippen molar-refractivity contribution in [3.63, 3.8) is 0 Å². The zero-order valence-corrected chi connectivity index (χ0v) is 18.9. The van der Waals surface area contributed by atoms with Gasteiger partial charge in [-0.15, -0.1) is 0 Å². The number of fused-ring (bicyclic) bond motifs is 16. The van der Waals surface area contributed by atoms with Gasteiger partial charge in [0.25, 0.3) is 0 Å². The molecule has 0 atom stereocenters. The van der Waals surface area contributed by atoms with Crippen LogP contribution in [0.2, 0.25) is 0 Å². The van der Waals surface area contributed by atoms with Crippen molar-refractivity contribution in [1.29, 1.82) is 0 Å². The van der Waals surface area contributed by atoms with Crippen LogP contribution in [-0.4, -0.2) is 14.4 Å². The zero-order valence-electron chi connectivity index (χ0n) is 18.9.